The second kappa shape index (κ2) is 2.67. The third kappa shape index (κ3) is 0.865. The topological polar surface area (TPSA) is 31.6 Å². The summed E-state index contributed by atoms with van der Waals surface area (Å²) in [4.78, 5) is 6.94. The van der Waals surface area contributed by atoms with Crippen LogP contribution in [0.4, 0.5) is 0 Å². The number of hydrogen-bond acceptors (Lipinski definition) is 0. The van der Waals surface area contributed by atoms with E-state index in [0.29, 0.717) is 0 Å². The molecule has 0 aliphatic carbocycles. The van der Waals surface area contributed by atoms with Gasteiger partial charge in [-0.15, -0.1) is 0 Å². The number of rotatable bonds is 0. The van der Waals surface area contributed by atoms with E-state index in [1.165, 1.54) is 32.8 Å². The molecule has 0 fully saturated rings. The highest BCUT2D eigenvalue weighted by Crippen LogP contribution is 2.30. The van der Waals surface area contributed by atoms with E-state index in [1.807, 2.05) is 0 Å². The summed E-state index contributed by atoms with van der Waals surface area (Å²) < 4.78 is 0. The summed E-state index contributed by atoms with van der Waals surface area (Å²) in [6.45, 7) is 0. The first-order chi connectivity index (χ1) is 7.93. The van der Waals surface area contributed by atoms with E-state index in [1.54, 1.807) is 0 Å². The minimum Gasteiger partial charge on any atom is -0.353 e. The molecule has 16 heavy (non-hydrogen) atoms. The molecule has 2 nitrogen and oxygen atoms in total. The zero-order valence-corrected chi connectivity index (χ0v) is 8.62. The van der Waals surface area contributed by atoms with Crippen LogP contribution in [0.5, 0.6) is 0 Å². The number of H-pyrrole nitrogens is 2. The Morgan fingerprint density at radius 1 is 0.562 bits per heavy atom. The van der Waals surface area contributed by atoms with Crippen LogP contribution in [0.25, 0.3) is 32.8 Å². The van der Waals surface area contributed by atoms with E-state index >= 15 is 0 Å². The molecule has 2 N–H and O–H groups in total. The highest BCUT2D eigenvalue weighted by molar-refractivity contribution is 6.16. The van der Waals surface area contributed by atoms with Gasteiger partial charge in [0.15, 0.2) is 0 Å². The second-order valence-electron chi connectivity index (χ2n) is 4.09. The fourth-order valence-electron chi connectivity index (χ4n) is 2.42. The summed E-state index contributed by atoms with van der Waals surface area (Å²) in [7, 11) is 0. The van der Waals surface area contributed by atoms with E-state index in [0.717, 1.165) is 0 Å². The quantitative estimate of drug-likeness (QED) is 0.438. The number of para-hydroxylation sites is 2. The standard InChI is InChI=1S/C14H10N2/c1-3-7-11-9(5-1)13-14(15-11)10-6-2-4-8-12(10)16-13/h1-8,15-16H. The van der Waals surface area contributed by atoms with Gasteiger partial charge in [-0.05, 0) is 12.1 Å². The Bertz CT molecular complexity index is 735. The first kappa shape index (κ1) is 7.99. The molecule has 0 aliphatic heterocycles. The Kier molecular flexibility index (Phi) is 1.33. The van der Waals surface area contributed by atoms with E-state index < -0.39 is 0 Å². The molecule has 2 heterocycles. The van der Waals surface area contributed by atoms with Crippen molar-refractivity contribution in [3.63, 3.8) is 0 Å². The maximum absolute atomic E-state index is 3.47. The van der Waals surface area contributed by atoms with Crippen molar-refractivity contribution in [2.45, 2.75) is 0 Å². The summed E-state index contributed by atoms with van der Waals surface area (Å²) in [6, 6.07) is 16.8. The molecule has 2 heteroatoms. The Morgan fingerprint density at radius 2 is 1.00 bits per heavy atom. The van der Waals surface area contributed by atoms with Crippen molar-refractivity contribution in [3.8, 4) is 0 Å². The predicted molar refractivity (Wildman–Crippen MR) is 67.7 cm³/mol. The molecule has 4 aromatic rings. The van der Waals surface area contributed by atoms with E-state index in [9.17, 15) is 0 Å². The predicted octanol–water partition coefficient (Wildman–Crippen LogP) is 3.80. The molecule has 2 aromatic heterocycles. The van der Waals surface area contributed by atoms with Gasteiger partial charge in [-0.3, -0.25) is 0 Å². The molecule has 0 bridgehead atoms. The van der Waals surface area contributed by atoms with Crippen LogP contribution in [0.1, 0.15) is 0 Å². The Labute approximate surface area is 91.9 Å². The fourth-order valence-corrected chi connectivity index (χ4v) is 2.42. The van der Waals surface area contributed by atoms with Crippen LogP contribution in [0, 0.1) is 0 Å². The highest BCUT2D eigenvalue weighted by atomic mass is 14.8. The van der Waals surface area contributed by atoms with Gasteiger partial charge in [-0.1, -0.05) is 36.4 Å². The minimum absolute atomic E-state index is 1.19. The first-order valence-electron chi connectivity index (χ1n) is 5.40. The van der Waals surface area contributed by atoms with Gasteiger partial charge in [0.2, 0.25) is 0 Å². The van der Waals surface area contributed by atoms with Crippen molar-refractivity contribution in [2.75, 3.05) is 0 Å². The Balaban J connectivity index is 2.35. The molecular formula is C14H10N2. The largest absolute Gasteiger partial charge is 0.353 e. The lowest BCUT2D eigenvalue weighted by molar-refractivity contribution is 1.57. The van der Waals surface area contributed by atoms with Gasteiger partial charge < -0.3 is 9.97 Å². The zero-order valence-electron chi connectivity index (χ0n) is 8.62. The molecule has 0 saturated carbocycles. The Morgan fingerprint density at radius 3 is 1.50 bits per heavy atom. The van der Waals surface area contributed by atoms with Crippen LogP contribution in [0.3, 0.4) is 0 Å². The van der Waals surface area contributed by atoms with Crippen molar-refractivity contribution in [3.05, 3.63) is 48.5 Å². The van der Waals surface area contributed by atoms with Crippen molar-refractivity contribution in [1.29, 1.82) is 0 Å². The monoisotopic (exact) mass is 206 g/mol. The molecule has 0 aliphatic rings. The van der Waals surface area contributed by atoms with Crippen molar-refractivity contribution < 1.29 is 0 Å². The number of aromatic nitrogens is 2. The third-order valence-electron chi connectivity index (χ3n) is 3.16. The van der Waals surface area contributed by atoms with Gasteiger partial charge in [-0.2, -0.15) is 0 Å². The van der Waals surface area contributed by atoms with Crippen LogP contribution < -0.4 is 0 Å². The molecule has 0 atom stereocenters. The summed E-state index contributed by atoms with van der Waals surface area (Å²) in [5.41, 5.74) is 4.79. The van der Waals surface area contributed by atoms with E-state index in [2.05, 4.69) is 58.5 Å². The smallest absolute Gasteiger partial charge is 0.0725 e. The molecule has 0 radical (unpaired) electrons. The van der Waals surface area contributed by atoms with Crippen molar-refractivity contribution in [1.82, 2.24) is 9.97 Å². The number of fused-ring (bicyclic) bond motifs is 5. The summed E-state index contributed by atoms with van der Waals surface area (Å²) >= 11 is 0. The fraction of sp³-hybridized carbons (Fsp3) is 0. The Hall–Kier alpha value is -2.22. The molecule has 0 spiro atoms. The van der Waals surface area contributed by atoms with Crippen LogP contribution in [0.2, 0.25) is 0 Å². The van der Waals surface area contributed by atoms with Gasteiger partial charge in [0.1, 0.15) is 0 Å². The third-order valence-corrected chi connectivity index (χ3v) is 3.16. The number of hydrogen-bond donors (Lipinski definition) is 2. The summed E-state index contributed by atoms with van der Waals surface area (Å²) in [5, 5.41) is 2.52. The minimum atomic E-state index is 1.19. The number of nitrogens with one attached hydrogen (secondary N) is 2. The molecule has 76 valence electrons. The lowest BCUT2D eigenvalue weighted by Crippen LogP contribution is -1.69. The highest BCUT2D eigenvalue weighted by Gasteiger charge is 2.08. The van der Waals surface area contributed by atoms with Gasteiger partial charge in [-0.25, -0.2) is 0 Å². The normalized spacial score (nSPS) is 11.8. The van der Waals surface area contributed by atoms with Crippen LogP contribution in [-0.4, -0.2) is 9.97 Å². The van der Waals surface area contributed by atoms with Crippen molar-refractivity contribution >= 4 is 32.8 Å². The molecule has 0 unspecified atom stereocenters. The summed E-state index contributed by atoms with van der Waals surface area (Å²) in [6.07, 6.45) is 0. The van der Waals surface area contributed by atoms with Gasteiger partial charge in [0, 0.05) is 21.8 Å². The molecule has 2 aromatic carbocycles. The lowest BCUT2D eigenvalue weighted by atomic mass is 10.2. The van der Waals surface area contributed by atoms with E-state index in [-0.39, 0.29) is 0 Å². The maximum Gasteiger partial charge on any atom is 0.0725 e. The maximum atomic E-state index is 3.47. The van der Waals surface area contributed by atoms with Gasteiger partial charge in [0.05, 0.1) is 11.0 Å². The van der Waals surface area contributed by atoms with Crippen LogP contribution in [0.15, 0.2) is 48.5 Å². The van der Waals surface area contributed by atoms with Crippen LogP contribution >= 0.6 is 0 Å². The lowest BCUT2D eigenvalue weighted by Gasteiger charge is -1.89. The SMILES string of the molecule is c1ccc2c(c1)[nH]c1c3ccccc3[nH]c21. The molecule has 4 rings (SSSR count). The zero-order chi connectivity index (χ0) is 10.5. The molecule has 0 saturated heterocycles. The van der Waals surface area contributed by atoms with Crippen LogP contribution in [-0.2, 0) is 0 Å². The van der Waals surface area contributed by atoms with Gasteiger partial charge in [0.25, 0.3) is 0 Å². The second-order valence-corrected chi connectivity index (χ2v) is 4.09. The average molecular weight is 206 g/mol. The van der Waals surface area contributed by atoms with Gasteiger partial charge >= 0.3 is 0 Å². The molecular weight excluding hydrogens is 196 g/mol. The van der Waals surface area contributed by atoms with E-state index in [4.69, 9.17) is 0 Å². The number of aromatic amines is 2. The number of benzene rings is 2. The molecule has 0 amide bonds. The van der Waals surface area contributed by atoms with Crippen molar-refractivity contribution in [2.24, 2.45) is 0 Å². The summed E-state index contributed by atoms with van der Waals surface area (Å²) in [5.74, 6) is 0. The average Bonchev–Trinajstić information content (AvgIpc) is 2.85. The first-order valence-corrected chi connectivity index (χ1v) is 5.40.